The van der Waals surface area contributed by atoms with E-state index in [2.05, 4.69) is 9.97 Å². The Morgan fingerprint density at radius 1 is 1.33 bits per heavy atom. The predicted octanol–water partition coefficient (Wildman–Crippen LogP) is 2.86. The zero-order chi connectivity index (χ0) is 21.5. The number of halogens is 4. The molecule has 0 bridgehead atoms. The molecule has 1 saturated heterocycles. The van der Waals surface area contributed by atoms with Crippen LogP contribution in [-0.4, -0.2) is 52.6 Å². The van der Waals surface area contributed by atoms with Crippen molar-refractivity contribution in [2.24, 2.45) is 0 Å². The summed E-state index contributed by atoms with van der Waals surface area (Å²) in [7, 11) is 0. The molecule has 2 atom stereocenters. The van der Waals surface area contributed by atoms with Crippen molar-refractivity contribution in [1.82, 2.24) is 14.5 Å². The Kier molecular flexibility index (Phi) is 5.63. The smallest absolute Gasteiger partial charge is 0.377 e. The average Bonchev–Trinajstić information content (AvgIpc) is 2.69. The van der Waals surface area contributed by atoms with E-state index in [9.17, 15) is 18.0 Å². The summed E-state index contributed by atoms with van der Waals surface area (Å²) in [6, 6.07) is 1.14. The number of nitrogens with zero attached hydrogens (tertiary/aromatic N) is 5. The Morgan fingerprint density at radius 2 is 2.13 bits per heavy atom. The third-order valence-electron chi connectivity index (χ3n) is 5.47. The molecule has 2 aromatic rings. The third-order valence-corrected chi connectivity index (χ3v) is 5.81. The van der Waals surface area contributed by atoms with Crippen molar-refractivity contribution in [3.63, 3.8) is 0 Å². The quantitative estimate of drug-likeness (QED) is 0.727. The van der Waals surface area contributed by atoms with Gasteiger partial charge in [-0.25, -0.2) is 0 Å². The van der Waals surface area contributed by atoms with Crippen molar-refractivity contribution in [2.45, 2.75) is 44.7 Å². The van der Waals surface area contributed by atoms with Crippen molar-refractivity contribution >= 4 is 23.4 Å². The second-order valence-electron chi connectivity index (χ2n) is 7.46. The van der Waals surface area contributed by atoms with E-state index in [0.29, 0.717) is 31.1 Å². The summed E-state index contributed by atoms with van der Waals surface area (Å²) in [5.74, 6) is 0.355. The number of alkyl halides is 3. The summed E-state index contributed by atoms with van der Waals surface area (Å²) in [5, 5.41) is 0.260. The highest BCUT2D eigenvalue weighted by Crippen LogP contribution is 2.36. The molecular formula is C19H21ClF3N5O2. The van der Waals surface area contributed by atoms with Crippen molar-refractivity contribution in [1.29, 1.82) is 0 Å². The van der Waals surface area contributed by atoms with Crippen molar-refractivity contribution < 1.29 is 17.9 Å². The van der Waals surface area contributed by atoms with E-state index < -0.39 is 12.2 Å². The van der Waals surface area contributed by atoms with Gasteiger partial charge in [0.2, 0.25) is 5.95 Å². The Labute approximate surface area is 176 Å². The number of anilines is 2. The van der Waals surface area contributed by atoms with E-state index in [-0.39, 0.29) is 42.1 Å². The van der Waals surface area contributed by atoms with Crippen molar-refractivity contribution in [3.8, 4) is 0 Å². The fourth-order valence-corrected chi connectivity index (χ4v) is 4.09. The van der Waals surface area contributed by atoms with Crippen LogP contribution in [0.5, 0.6) is 0 Å². The van der Waals surface area contributed by atoms with Gasteiger partial charge in [0.1, 0.15) is 11.9 Å². The van der Waals surface area contributed by atoms with E-state index in [1.165, 1.54) is 23.0 Å². The molecular weight excluding hydrogens is 423 g/mol. The first-order chi connectivity index (χ1) is 14.3. The van der Waals surface area contributed by atoms with E-state index in [1.807, 2.05) is 11.8 Å². The highest BCUT2D eigenvalue weighted by atomic mass is 35.5. The number of hydrogen-bond acceptors (Lipinski definition) is 6. The van der Waals surface area contributed by atoms with Crippen LogP contribution in [0.4, 0.5) is 24.9 Å². The lowest BCUT2D eigenvalue weighted by Gasteiger charge is -2.40. The zero-order valence-electron chi connectivity index (χ0n) is 16.3. The van der Waals surface area contributed by atoms with E-state index >= 15 is 0 Å². The molecule has 30 heavy (non-hydrogen) atoms. The van der Waals surface area contributed by atoms with Crippen LogP contribution in [0.1, 0.15) is 18.9 Å². The van der Waals surface area contributed by atoms with Gasteiger partial charge in [0.15, 0.2) is 0 Å². The molecule has 2 unspecified atom stereocenters. The molecule has 0 spiro atoms. The molecule has 7 nitrogen and oxygen atoms in total. The number of hydrogen-bond donors (Lipinski definition) is 0. The molecule has 2 aliphatic heterocycles. The van der Waals surface area contributed by atoms with Gasteiger partial charge in [-0.15, -0.1) is 0 Å². The largest absolute Gasteiger partial charge is 0.408 e. The summed E-state index contributed by atoms with van der Waals surface area (Å²) in [4.78, 5) is 24.2. The number of rotatable bonds is 3. The number of morpholine rings is 1. The second kappa shape index (κ2) is 8.07. The average molecular weight is 444 g/mol. The Bertz CT molecular complexity index is 983. The van der Waals surface area contributed by atoms with Gasteiger partial charge in [0.25, 0.3) is 5.56 Å². The molecule has 2 aromatic heterocycles. The summed E-state index contributed by atoms with van der Waals surface area (Å²) >= 11 is 6.15. The first-order valence-corrected chi connectivity index (χ1v) is 10.0. The Morgan fingerprint density at radius 3 is 2.83 bits per heavy atom. The van der Waals surface area contributed by atoms with E-state index in [1.54, 1.807) is 6.07 Å². The van der Waals surface area contributed by atoms with Crippen LogP contribution in [0.25, 0.3) is 0 Å². The standard InChI is InChI=1S/C19H21ClF3N5O2/c1-12-11-30-7-6-26(12)16-8-17(29)27-5-3-15(19(21,22)23)28(18(27)25-16)10-13-2-4-24-9-14(13)20/h2,4,8-9,12,15H,3,5-7,10-11H2,1H3. The number of ether oxygens (including phenoxy) is 1. The first-order valence-electron chi connectivity index (χ1n) is 9.63. The fraction of sp³-hybridized carbons (Fsp3) is 0.526. The van der Waals surface area contributed by atoms with Gasteiger partial charge in [-0.2, -0.15) is 18.2 Å². The molecule has 11 heteroatoms. The highest BCUT2D eigenvalue weighted by Gasteiger charge is 2.47. The van der Waals surface area contributed by atoms with Crippen LogP contribution >= 0.6 is 11.6 Å². The van der Waals surface area contributed by atoms with Crippen LogP contribution in [0, 0.1) is 0 Å². The Hall–Kier alpha value is -2.33. The van der Waals surface area contributed by atoms with Crippen LogP contribution in [0.3, 0.4) is 0 Å². The van der Waals surface area contributed by atoms with Gasteiger partial charge in [-0.3, -0.25) is 14.3 Å². The zero-order valence-corrected chi connectivity index (χ0v) is 17.0. The molecule has 0 N–H and O–H groups in total. The second-order valence-corrected chi connectivity index (χ2v) is 7.87. The minimum absolute atomic E-state index is 0.00218. The fourth-order valence-electron chi connectivity index (χ4n) is 3.91. The minimum atomic E-state index is -4.48. The van der Waals surface area contributed by atoms with Crippen molar-refractivity contribution in [2.75, 3.05) is 29.6 Å². The molecule has 1 fully saturated rings. The Balaban J connectivity index is 1.80. The SMILES string of the molecule is CC1COCCN1c1cc(=O)n2c(n1)N(Cc1ccncc1Cl)C(C(F)(F)F)CC2. The molecule has 4 heterocycles. The number of fused-ring (bicyclic) bond motifs is 1. The maximum atomic E-state index is 13.9. The summed E-state index contributed by atoms with van der Waals surface area (Å²) < 4.78 is 48.3. The molecule has 0 aliphatic carbocycles. The highest BCUT2D eigenvalue weighted by molar-refractivity contribution is 6.31. The number of aromatic nitrogens is 3. The molecule has 0 saturated carbocycles. The van der Waals surface area contributed by atoms with Crippen LogP contribution in [-0.2, 0) is 17.8 Å². The van der Waals surface area contributed by atoms with Crippen LogP contribution in [0.2, 0.25) is 5.02 Å². The molecule has 0 aromatic carbocycles. The minimum Gasteiger partial charge on any atom is -0.377 e. The van der Waals surface area contributed by atoms with Gasteiger partial charge in [-0.1, -0.05) is 11.6 Å². The van der Waals surface area contributed by atoms with Gasteiger partial charge in [0.05, 0.1) is 24.3 Å². The maximum Gasteiger partial charge on any atom is 0.408 e. The lowest BCUT2D eigenvalue weighted by atomic mass is 10.1. The van der Waals surface area contributed by atoms with Crippen LogP contribution < -0.4 is 15.4 Å². The van der Waals surface area contributed by atoms with Crippen LogP contribution in [0.15, 0.2) is 29.3 Å². The van der Waals surface area contributed by atoms with Crippen molar-refractivity contribution in [3.05, 3.63) is 45.5 Å². The molecule has 4 rings (SSSR count). The van der Waals surface area contributed by atoms with E-state index in [4.69, 9.17) is 16.3 Å². The van der Waals surface area contributed by atoms with Gasteiger partial charge in [-0.05, 0) is 25.0 Å². The van der Waals surface area contributed by atoms with Gasteiger partial charge >= 0.3 is 6.18 Å². The monoisotopic (exact) mass is 443 g/mol. The summed E-state index contributed by atoms with van der Waals surface area (Å²) in [6.45, 7) is 3.17. The number of pyridine rings is 1. The first kappa shape index (κ1) is 20.9. The third kappa shape index (κ3) is 3.98. The van der Waals surface area contributed by atoms with Gasteiger partial charge in [0, 0.05) is 38.1 Å². The lowest BCUT2D eigenvalue weighted by molar-refractivity contribution is -0.153. The van der Waals surface area contributed by atoms with Gasteiger partial charge < -0.3 is 14.5 Å². The summed E-state index contributed by atoms with van der Waals surface area (Å²) in [5.41, 5.74) is 0.105. The topological polar surface area (TPSA) is 63.5 Å². The predicted molar refractivity (Wildman–Crippen MR) is 106 cm³/mol. The maximum absolute atomic E-state index is 13.9. The summed E-state index contributed by atoms with van der Waals surface area (Å²) in [6.07, 6.45) is -1.87. The molecule has 2 aliphatic rings. The lowest BCUT2D eigenvalue weighted by Crippen LogP contribution is -2.52. The normalized spacial score (nSPS) is 22.2. The molecule has 0 radical (unpaired) electrons. The van der Waals surface area contributed by atoms with E-state index in [0.717, 1.165) is 4.90 Å². The molecule has 0 amide bonds. The molecule has 162 valence electrons.